The summed E-state index contributed by atoms with van der Waals surface area (Å²) in [5.41, 5.74) is 1.03. The van der Waals surface area contributed by atoms with Gasteiger partial charge >= 0.3 is 0 Å². The van der Waals surface area contributed by atoms with Crippen molar-refractivity contribution in [3.05, 3.63) is 29.8 Å². The van der Waals surface area contributed by atoms with Gasteiger partial charge in [-0.2, -0.15) is 5.26 Å². The molecule has 0 amide bonds. The molecular weight excluding hydrogens is 340 g/mol. The van der Waals surface area contributed by atoms with E-state index in [9.17, 15) is 8.42 Å². The second-order valence-electron chi connectivity index (χ2n) is 6.09. The zero-order valence-electron chi connectivity index (χ0n) is 14.6. The molecule has 1 N–H and O–H groups in total. The molecule has 0 aromatic heterocycles. The molecule has 0 aliphatic carbocycles. The van der Waals surface area contributed by atoms with Crippen LogP contribution in [0.1, 0.15) is 57.4 Å². The smallest absolute Gasteiger partial charge is 0.207 e. The molecule has 0 heterocycles. The van der Waals surface area contributed by atoms with Crippen molar-refractivity contribution in [3.8, 4) is 5.40 Å². The van der Waals surface area contributed by atoms with Gasteiger partial charge in [-0.05, 0) is 37.2 Å². The van der Waals surface area contributed by atoms with Gasteiger partial charge in [-0.1, -0.05) is 63.1 Å². The number of thioether (sulfide) groups is 1. The quantitative estimate of drug-likeness (QED) is 0.432. The van der Waals surface area contributed by atoms with Crippen molar-refractivity contribution < 1.29 is 8.42 Å². The van der Waals surface area contributed by atoms with Crippen LogP contribution in [0.5, 0.6) is 0 Å². The molecule has 1 atom stereocenters. The number of hydrogen-bond acceptors (Lipinski definition) is 4. The highest BCUT2D eigenvalue weighted by atomic mass is 32.2. The predicted molar refractivity (Wildman–Crippen MR) is 101 cm³/mol. The molecule has 0 aliphatic rings. The van der Waals surface area contributed by atoms with E-state index in [0.29, 0.717) is 5.75 Å². The van der Waals surface area contributed by atoms with E-state index in [1.54, 1.807) is 24.3 Å². The average molecular weight is 369 g/mol. The molecule has 134 valence electrons. The number of rotatable bonds is 12. The first-order valence-corrected chi connectivity index (χ1v) is 11.1. The number of aryl methyl sites for hydroxylation is 1. The number of sulfonamides is 1. The van der Waals surface area contributed by atoms with E-state index in [4.69, 9.17) is 5.26 Å². The van der Waals surface area contributed by atoms with Gasteiger partial charge in [0, 0.05) is 11.8 Å². The lowest BCUT2D eigenvalue weighted by Crippen LogP contribution is -2.36. The Kier molecular flexibility index (Phi) is 10.1. The highest BCUT2D eigenvalue weighted by Crippen LogP contribution is 2.16. The van der Waals surface area contributed by atoms with Gasteiger partial charge in [-0.3, -0.25) is 0 Å². The zero-order valence-corrected chi connectivity index (χ0v) is 16.3. The maximum absolute atomic E-state index is 12.5. The van der Waals surface area contributed by atoms with E-state index in [0.717, 1.165) is 36.6 Å². The van der Waals surface area contributed by atoms with Crippen LogP contribution in [0.15, 0.2) is 29.2 Å². The average Bonchev–Trinajstić information content (AvgIpc) is 2.55. The Balaban J connectivity index is 2.57. The summed E-state index contributed by atoms with van der Waals surface area (Å²) in [5.74, 6) is 0.483. The van der Waals surface area contributed by atoms with Gasteiger partial charge in [-0.15, -0.1) is 0 Å². The number of unbranched alkanes of at least 4 members (excludes halogenated alkanes) is 5. The Morgan fingerprint density at radius 1 is 1.12 bits per heavy atom. The summed E-state index contributed by atoms with van der Waals surface area (Å²) in [5, 5.41) is 10.8. The minimum Gasteiger partial charge on any atom is -0.207 e. The van der Waals surface area contributed by atoms with Gasteiger partial charge in [0.1, 0.15) is 5.40 Å². The van der Waals surface area contributed by atoms with Crippen LogP contribution in [0, 0.1) is 17.6 Å². The van der Waals surface area contributed by atoms with Crippen molar-refractivity contribution >= 4 is 21.8 Å². The van der Waals surface area contributed by atoms with Crippen LogP contribution in [-0.4, -0.2) is 20.2 Å². The van der Waals surface area contributed by atoms with Crippen molar-refractivity contribution in [2.45, 2.75) is 69.7 Å². The van der Waals surface area contributed by atoms with Gasteiger partial charge < -0.3 is 0 Å². The fourth-order valence-electron chi connectivity index (χ4n) is 2.49. The van der Waals surface area contributed by atoms with Crippen LogP contribution in [0.25, 0.3) is 0 Å². The van der Waals surface area contributed by atoms with Crippen molar-refractivity contribution in [2.24, 2.45) is 0 Å². The fraction of sp³-hybridized carbons (Fsp3) is 0.611. The molecule has 1 aromatic carbocycles. The standard InChI is InChI=1S/C18H28N2O2S2/c1-3-4-5-6-7-8-9-17(14-23-15-19)20-24(21,22)18-12-10-16(2)11-13-18/h10-13,17,20H,3-9,14H2,1-2H3. The number of nitriles is 1. The molecule has 0 saturated carbocycles. The Morgan fingerprint density at radius 3 is 2.38 bits per heavy atom. The van der Waals surface area contributed by atoms with E-state index in [1.165, 1.54) is 25.7 Å². The second-order valence-corrected chi connectivity index (χ2v) is 8.61. The minimum absolute atomic E-state index is 0.202. The van der Waals surface area contributed by atoms with Crippen LogP contribution < -0.4 is 4.72 Å². The maximum atomic E-state index is 12.5. The molecule has 1 rings (SSSR count). The largest absolute Gasteiger partial charge is 0.240 e. The van der Waals surface area contributed by atoms with E-state index in [1.807, 2.05) is 12.3 Å². The van der Waals surface area contributed by atoms with Gasteiger partial charge in [0.15, 0.2) is 0 Å². The SMILES string of the molecule is CCCCCCCCC(CSC#N)NS(=O)(=O)c1ccc(C)cc1. The van der Waals surface area contributed by atoms with Crippen molar-refractivity contribution in [2.75, 3.05) is 5.75 Å². The molecule has 1 aromatic rings. The molecule has 0 bridgehead atoms. The van der Waals surface area contributed by atoms with E-state index in [2.05, 4.69) is 11.6 Å². The van der Waals surface area contributed by atoms with Crippen LogP contribution >= 0.6 is 11.8 Å². The molecular formula is C18H28N2O2S2. The Labute approximate surface area is 151 Å². The van der Waals surface area contributed by atoms with Gasteiger partial charge in [0.25, 0.3) is 0 Å². The first-order valence-electron chi connectivity index (χ1n) is 8.59. The monoisotopic (exact) mass is 368 g/mol. The van der Waals surface area contributed by atoms with E-state index >= 15 is 0 Å². The summed E-state index contributed by atoms with van der Waals surface area (Å²) in [6.07, 6.45) is 7.77. The number of thiocyanates is 1. The third kappa shape index (κ3) is 8.18. The number of nitrogens with one attached hydrogen (secondary N) is 1. The fourth-order valence-corrected chi connectivity index (χ4v) is 4.39. The lowest BCUT2D eigenvalue weighted by atomic mass is 10.1. The number of nitrogens with zero attached hydrogens (tertiary/aromatic N) is 1. The third-order valence-electron chi connectivity index (χ3n) is 3.91. The van der Waals surface area contributed by atoms with Crippen molar-refractivity contribution in [3.63, 3.8) is 0 Å². The summed E-state index contributed by atoms with van der Waals surface area (Å²) in [7, 11) is -3.53. The second kappa shape index (κ2) is 11.5. The first kappa shape index (κ1) is 21.0. The van der Waals surface area contributed by atoms with Gasteiger partial charge in [0.2, 0.25) is 10.0 Å². The molecule has 6 heteroatoms. The summed E-state index contributed by atoms with van der Waals surface area (Å²) in [6, 6.07) is 6.63. The predicted octanol–water partition coefficient (Wildman–Crippen LogP) is 4.61. The molecule has 1 unspecified atom stereocenters. The van der Waals surface area contributed by atoms with Crippen molar-refractivity contribution in [1.82, 2.24) is 4.72 Å². The Hall–Kier alpha value is -1.03. The first-order chi connectivity index (χ1) is 11.5. The maximum Gasteiger partial charge on any atom is 0.240 e. The van der Waals surface area contributed by atoms with Gasteiger partial charge in [0.05, 0.1) is 4.90 Å². The zero-order chi connectivity index (χ0) is 17.8. The van der Waals surface area contributed by atoms with E-state index in [-0.39, 0.29) is 10.9 Å². The summed E-state index contributed by atoms with van der Waals surface area (Å²) >= 11 is 1.11. The minimum atomic E-state index is -3.53. The normalized spacial score (nSPS) is 12.7. The number of hydrogen-bond donors (Lipinski definition) is 1. The van der Waals surface area contributed by atoms with Crippen molar-refractivity contribution in [1.29, 1.82) is 5.26 Å². The lowest BCUT2D eigenvalue weighted by Gasteiger charge is -2.17. The molecule has 0 fully saturated rings. The Bertz CT molecular complexity index is 607. The molecule has 24 heavy (non-hydrogen) atoms. The summed E-state index contributed by atoms with van der Waals surface area (Å²) in [4.78, 5) is 0.281. The highest BCUT2D eigenvalue weighted by molar-refractivity contribution is 8.03. The third-order valence-corrected chi connectivity index (χ3v) is 6.14. The summed E-state index contributed by atoms with van der Waals surface area (Å²) < 4.78 is 27.7. The van der Waals surface area contributed by atoms with Crippen LogP contribution in [0.3, 0.4) is 0 Å². The Morgan fingerprint density at radius 2 is 1.75 bits per heavy atom. The topological polar surface area (TPSA) is 70.0 Å². The molecule has 0 radical (unpaired) electrons. The van der Waals surface area contributed by atoms with E-state index < -0.39 is 10.0 Å². The molecule has 0 saturated heterocycles. The number of benzene rings is 1. The highest BCUT2D eigenvalue weighted by Gasteiger charge is 2.19. The molecule has 0 spiro atoms. The van der Waals surface area contributed by atoms with Crippen LogP contribution in [0.4, 0.5) is 0 Å². The summed E-state index contributed by atoms with van der Waals surface area (Å²) in [6.45, 7) is 4.11. The molecule has 4 nitrogen and oxygen atoms in total. The van der Waals surface area contributed by atoms with Crippen LogP contribution in [-0.2, 0) is 10.0 Å². The van der Waals surface area contributed by atoms with Crippen LogP contribution in [0.2, 0.25) is 0 Å². The lowest BCUT2D eigenvalue weighted by molar-refractivity contribution is 0.518. The molecule has 0 aliphatic heterocycles. The van der Waals surface area contributed by atoms with Gasteiger partial charge in [-0.25, -0.2) is 13.1 Å².